The molecule has 4 aromatic carbocycles. The molecule has 2 aliphatic rings. The predicted octanol–water partition coefficient (Wildman–Crippen LogP) is 7.61. The zero-order valence-corrected chi connectivity index (χ0v) is 24.4. The number of nitro benzene ring substituents is 2. The third-order valence-corrected chi connectivity index (χ3v) is 8.10. The Morgan fingerprint density at radius 3 is 1.50 bits per heavy atom. The van der Waals surface area contributed by atoms with Gasteiger partial charge in [0.15, 0.2) is 0 Å². The molecule has 0 saturated heterocycles. The second-order valence-electron chi connectivity index (χ2n) is 10.6. The smallest absolute Gasteiger partial charge is 0.269 e. The van der Waals surface area contributed by atoms with Gasteiger partial charge in [-0.3, -0.25) is 30.0 Å². The third-order valence-electron chi connectivity index (χ3n) is 7.63. The Hall–Kier alpha value is -3.82. The molecule has 0 spiro atoms. The molecule has 0 fully saturated rings. The Morgan fingerprint density at radius 1 is 0.571 bits per heavy atom. The van der Waals surface area contributed by atoms with E-state index in [1.807, 2.05) is 48.5 Å². The van der Waals surface area contributed by atoms with Gasteiger partial charge in [0.2, 0.25) is 0 Å². The Bertz CT molecular complexity index is 1580. The van der Waals surface area contributed by atoms with Crippen LogP contribution in [0.3, 0.4) is 0 Å². The van der Waals surface area contributed by atoms with E-state index in [0.29, 0.717) is 0 Å². The van der Waals surface area contributed by atoms with Crippen molar-refractivity contribution in [3.05, 3.63) is 149 Å². The van der Waals surface area contributed by atoms with Gasteiger partial charge in [0, 0.05) is 73.6 Å². The van der Waals surface area contributed by atoms with Gasteiger partial charge in [0.05, 0.1) is 9.85 Å². The standard InChI is InChI=1S/2C16H15ClN2O2/c17-15-4-3-14-11-18(8-7-13(14)9-15)10-12-1-5-16(6-2-12)19(20)21;17-15-4-3-13-7-8-18(11-14(13)9-15)10-12-1-5-16(6-2-12)19(20)21/h2*1-6,9H,7-8,10-11H2. The van der Waals surface area contributed by atoms with Gasteiger partial charge in [0.25, 0.3) is 11.4 Å². The Kier molecular flexibility index (Phi) is 9.49. The molecule has 0 bridgehead atoms. The highest BCUT2D eigenvalue weighted by Crippen LogP contribution is 2.25. The predicted molar refractivity (Wildman–Crippen MR) is 165 cm³/mol. The van der Waals surface area contributed by atoms with E-state index in [4.69, 9.17) is 23.2 Å². The molecule has 42 heavy (non-hydrogen) atoms. The van der Waals surface area contributed by atoms with Crippen LogP contribution < -0.4 is 0 Å². The number of hydrogen-bond donors (Lipinski definition) is 0. The molecule has 0 atom stereocenters. The maximum Gasteiger partial charge on any atom is 0.269 e. The highest BCUT2D eigenvalue weighted by atomic mass is 35.5. The van der Waals surface area contributed by atoms with E-state index < -0.39 is 0 Å². The van der Waals surface area contributed by atoms with Crippen LogP contribution in [0.4, 0.5) is 11.4 Å². The summed E-state index contributed by atoms with van der Waals surface area (Å²) in [4.78, 5) is 25.2. The van der Waals surface area contributed by atoms with E-state index >= 15 is 0 Å². The van der Waals surface area contributed by atoms with Crippen molar-refractivity contribution in [3.63, 3.8) is 0 Å². The molecule has 8 nitrogen and oxygen atoms in total. The van der Waals surface area contributed by atoms with E-state index in [0.717, 1.165) is 73.3 Å². The van der Waals surface area contributed by atoms with Crippen molar-refractivity contribution < 1.29 is 9.85 Å². The molecule has 0 unspecified atom stereocenters. The van der Waals surface area contributed by atoms with Crippen LogP contribution in [0.5, 0.6) is 0 Å². The van der Waals surface area contributed by atoms with Gasteiger partial charge in [0.1, 0.15) is 0 Å². The van der Waals surface area contributed by atoms with Crippen LogP contribution in [-0.4, -0.2) is 32.7 Å². The van der Waals surface area contributed by atoms with Crippen molar-refractivity contribution in [3.8, 4) is 0 Å². The third kappa shape index (κ3) is 7.72. The normalized spacial score (nSPS) is 14.7. The van der Waals surface area contributed by atoms with E-state index in [1.54, 1.807) is 24.3 Å². The highest BCUT2D eigenvalue weighted by Gasteiger charge is 2.18. The number of halogens is 2. The first-order valence-electron chi connectivity index (χ1n) is 13.7. The molecule has 10 heteroatoms. The summed E-state index contributed by atoms with van der Waals surface area (Å²) < 4.78 is 0. The summed E-state index contributed by atoms with van der Waals surface area (Å²) in [6, 6.07) is 25.7. The number of nitro groups is 2. The van der Waals surface area contributed by atoms with Crippen molar-refractivity contribution in [2.75, 3.05) is 13.1 Å². The fourth-order valence-electron chi connectivity index (χ4n) is 5.40. The van der Waals surface area contributed by atoms with Gasteiger partial charge < -0.3 is 0 Å². The topological polar surface area (TPSA) is 92.8 Å². The van der Waals surface area contributed by atoms with Gasteiger partial charge in [-0.05, 0) is 70.5 Å². The van der Waals surface area contributed by atoms with Crippen molar-refractivity contribution in [2.24, 2.45) is 0 Å². The van der Waals surface area contributed by atoms with Gasteiger partial charge in [-0.15, -0.1) is 0 Å². The summed E-state index contributed by atoms with van der Waals surface area (Å²) in [5.41, 5.74) is 7.72. The van der Waals surface area contributed by atoms with E-state index in [2.05, 4.69) is 21.9 Å². The fourth-order valence-corrected chi connectivity index (χ4v) is 5.79. The van der Waals surface area contributed by atoms with Gasteiger partial charge >= 0.3 is 0 Å². The maximum atomic E-state index is 10.7. The van der Waals surface area contributed by atoms with E-state index in [9.17, 15) is 20.2 Å². The quantitative estimate of drug-likeness (QED) is 0.166. The SMILES string of the molecule is O=[N+]([O-])c1ccc(CN2CCc3cc(Cl)ccc3C2)cc1.O=[N+]([O-])c1ccc(CN2CCc3ccc(Cl)cc3C2)cc1. The molecule has 0 amide bonds. The maximum absolute atomic E-state index is 10.7. The van der Waals surface area contributed by atoms with Gasteiger partial charge in [-0.1, -0.05) is 59.6 Å². The lowest BCUT2D eigenvalue weighted by Crippen LogP contribution is -2.30. The minimum atomic E-state index is -0.372. The Morgan fingerprint density at radius 2 is 1.00 bits per heavy atom. The molecular formula is C32H30Cl2N4O4. The summed E-state index contributed by atoms with van der Waals surface area (Å²) >= 11 is 12.1. The molecule has 0 aromatic heterocycles. The van der Waals surface area contributed by atoms with Crippen molar-refractivity contribution in [1.82, 2.24) is 9.80 Å². The van der Waals surface area contributed by atoms with Crippen LogP contribution in [0.15, 0.2) is 84.9 Å². The Balaban J connectivity index is 0.000000168. The number of nitrogens with zero attached hydrogens (tertiary/aromatic N) is 4. The highest BCUT2D eigenvalue weighted by molar-refractivity contribution is 6.30. The summed E-state index contributed by atoms with van der Waals surface area (Å²) in [6.45, 7) is 5.33. The van der Waals surface area contributed by atoms with Crippen LogP contribution >= 0.6 is 23.2 Å². The molecule has 0 N–H and O–H groups in total. The lowest BCUT2D eigenvalue weighted by atomic mass is 9.99. The van der Waals surface area contributed by atoms with Gasteiger partial charge in [-0.2, -0.15) is 0 Å². The molecule has 2 heterocycles. The fraction of sp³-hybridized carbons (Fsp3) is 0.250. The molecular weight excluding hydrogens is 575 g/mol. The zero-order valence-electron chi connectivity index (χ0n) is 22.9. The Labute approximate surface area is 254 Å². The average Bonchev–Trinajstić information content (AvgIpc) is 2.98. The molecule has 6 rings (SSSR count). The van der Waals surface area contributed by atoms with Crippen molar-refractivity contribution >= 4 is 34.6 Å². The van der Waals surface area contributed by atoms with Crippen molar-refractivity contribution in [2.45, 2.75) is 39.0 Å². The second kappa shape index (κ2) is 13.4. The molecule has 4 aromatic rings. The molecule has 0 saturated carbocycles. The average molecular weight is 606 g/mol. The van der Waals surface area contributed by atoms with Crippen LogP contribution in [0, 0.1) is 20.2 Å². The number of benzene rings is 4. The minimum Gasteiger partial charge on any atom is -0.294 e. The summed E-state index contributed by atoms with van der Waals surface area (Å²) in [7, 11) is 0. The second-order valence-corrected chi connectivity index (χ2v) is 11.5. The van der Waals surface area contributed by atoms with Crippen molar-refractivity contribution in [1.29, 1.82) is 0 Å². The van der Waals surface area contributed by atoms with E-state index in [1.165, 1.54) is 22.3 Å². The molecule has 216 valence electrons. The summed E-state index contributed by atoms with van der Waals surface area (Å²) in [5.74, 6) is 0. The van der Waals surface area contributed by atoms with Crippen LogP contribution in [0.25, 0.3) is 0 Å². The van der Waals surface area contributed by atoms with Crippen LogP contribution in [-0.2, 0) is 39.0 Å². The first-order valence-corrected chi connectivity index (χ1v) is 14.4. The van der Waals surface area contributed by atoms with Gasteiger partial charge in [-0.25, -0.2) is 0 Å². The largest absolute Gasteiger partial charge is 0.294 e. The lowest BCUT2D eigenvalue weighted by Gasteiger charge is -2.28. The molecule has 0 aliphatic carbocycles. The zero-order chi connectivity index (χ0) is 29.6. The number of hydrogen-bond acceptors (Lipinski definition) is 6. The molecule has 2 aliphatic heterocycles. The van der Waals surface area contributed by atoms with Crippen LogP contribution in [0.2, 0.25) is 10.0 Å². The van der Waals surface area contributed by atoms with Crippen LogP contribution in [0.1, 0.15) is 33.4 Å². The number of fused-ring (bicyclic) bond motifs is 2. The number of rotatable bonds is 6. The lowest BCUT2D eigenvalue weighted by molar-refractivity contribution is -0.385. The minimum absolute atomic E-state index is 0.134. The number of non-ortho nitro benzene ring substituents is 2. The monoisotopic (exact) mass is 604 g/mol. The molecule has 0 radical (unpaired) electrons. The van der Waals surface area contributed by atoms with E-state index in [-0.39, 0.29) is 21.2 Å². The summed E-state index contributed by atoms with van der Waals surface area (Å²) in [6.07, 6.45) is 2.00. The first-order chi connectivity index (χ1) is 20.2. The first kappa shape index (κ1) is 29.7. The summed E-state index contributed by atoms with van der Waals surface area (Å²) in [5, 5.41) is 22.9.